The molecular weight excluding hydrogens is 210 g/mol. The van der Waals surface area contributed by atoms with E-state index in [0.29, 0.717) is 10.6 Å². The van der Waals surface area contributed by atoms with E-state index in [9.17, 15) is 0 Å². The summed E-state index contributed by atoms with van der Waals surface area (Å²) in [6.45, 7) is 0.00405. The lowest BCUT2D eigenvalue weighted by molar-refractivity contribution is 0.267. The Morgan fingerprint density at radius 3 is 2.91 bits per heavy atom. The Hall–Kier alpha value is -0.420. The first kappa shape index (κ1) is 7.24. The van der Waals surface area contributed by atoms with Gasteiger partial charge in [0.1, 0.15) is 0 Å². The molecule has 0 saturated heterocycles. The fourth-order valence-electron chi connectivity index (χ4n) is 1.04. The first-order valence-electron chi connectivity index (χ1n) is 3.53. The highest BCUT2D eigenvalue weighted by Crippen LogP contribution is 2.35. The summed E-state index contributed by atoms with van der Waals surface area (Å²) in [6.07, 6.45) is 2.31. The number of aromatic nitrogens is 3. The van der Waals surface area contributed by atoms with E-state index in [4.69, 9.17) is 5.11 Å². The Morgan fingerprint density at radius 1 is 1.64 bits per heavy atom. The molecule has 0 spiro atoms. The Balaban J connectivity index is 2.36. The highest BCUT2D eigenvalue weighted by atomic mass is 79.9. The molecule has 1 aromatic heterocycles. The Morgan fingerprint density at radius 2 is 2.36 bits per heavy atom. The molecule has 5 heteroatoms. The van der Waals surface area contributed by atoms with Crippen molar-refractivity contribution in [2.24, 2.45) is 0 Å². The third-order valence-electron chi connectivity index (χ3n) is 1.79. The monoisotopic (exact) mass is 217 g/mol. The van der Waals surface area contributed by atoms with Crippen LogP contribution in [0.1, 0.15) is 24.6 Å². The lowest BCUT2D eigenvalue weighted by atomic mass is 10.5. The van der Waals surface area contributed by atoms with E-state index >= 15 is 0 Å². The van der Waals surface area contributed by atoms with Gasteiger partial charge in [0, 0.05) is 0 Å². The van der Waals surface area contributed by atoms with E-state index in [0.717, 1.165) is 18.5 Å². The zero-order chi connectivity index (χ0) is 7.84. The van der Waals surface area contributed by atoms with Gasteiger partial charge in [0.2, 0.25) is 0 Å². The lowest BCUT2D eigenvalue weighted by Gasteiger charge is -1.99. The molecule has 0 unspecified atom stereocenters. The SMILES string of the molecule is OCc1c(Br)nnn1C1CC1. The van der Waals surface area contributed by atoms with E-state index in [2.05, 4.69) is 26.2 Å². The molecule has 1 aliphatic rings. The van der Waals surface area contributed by atoms with Crippen LogP contribution in [0.15, 0.2) is 4.60 Å². The van der Waals surface area contributed by atoms with Crippen LogP contribution in [-0.4, -0.2) is 20.1 Å². The zero-order valence-corrected chi connectivity index (χ0v) is 7.45. The molecule has 1 fully saturated rings. The highest BCUT2D eigenvalue weighted by molar-refractivity contribution is 9.10. The van der Waals surface area contributed by atoms with E-state index in [1.54, 1.807) is 4.68 Å². The van der Waals surface area contributed by atoms with E-state index in [-0.39, 0.29) is 6.61 Å². The first-order chi connectivity index (χ1) is 5.33. The van der Waals surface area contributed by atoms with Crippen LogP contribution in [0.2, 0.25) is 0 Å². The smallest absolute Gasteiger partial charge is 0.153 e. The van der Waals surface area contributed by atoms with Crippen molar-refractivity contribution in [3.63, 3.8) is 0 Å². The Kier molecular flexibility index (Phi) is 1.69. The maximum atomic E-state index is 8.93. The number of nitrogens with zero attached hydrogens (tertiary/aromatic N) is 3. The molecule has 1 N–H and O–H groups in total. The molecule has 60 valence electrons. The summed E-state index contributed by atoms with van der Waals surface area (Å²) in [4.78, 5) is 0. The zero-order valence-electron chi connectivity index (χ0n) is 5.87. The van der Waals surface area contributed by atoms with Gasteiger partial charge in [0.15, 0.2) is 4.60 Å². The van der Waals surface area contributed by atoms with Gasteiger partial charge in [-0.2, -0.15) is 0 Å². The Bertz CT molecular complexity index is 269. The third kappa shape index (κ3) is 1.18. The summed E-state index contributed by atoms with van der Waals surface area (Å²) in [7, 11) is 0. The molecular formula is C6H8BrN3O. The topological polar surface area (TPSA) is 50.9 Å². The normalized spacial score (nSPS) is 17.3. The number of aliphatic hydroxyl groups is 1. The fraction of sp³-hybridized carbons (Fsp3) is 0.667. The van der Waals surface area contributed by atoms with Gasteiger partial charge in [-0.1, -0.05) is 5.21 Å². The predicted molar refractivity (Wildman–Crippen MR) is 41.9 cm³/mol. The minimum absolute atomic E-state index is 0.00405. The number of aliphatic hydroxyl groups excluding tert-OH is 1. The van der Waals surface area contributed by atoms with Crippen molar-refractivity contribution in [2.75, 3.05) is 0 Å². The minimum atomic E-state index is 0.00405. The van der Waals surface area contributed by atoms with Gasteiger partial charge < -0.3 is 5.11 Å². The van der Waals surface area contributed by atoms with Gasteiger partial charge in [-0.3, -0.25) is 0 Å². The van der Waals surface area contributed by atoms with Gasteiger partial charge >= 0.3 is 0 Å². The first-order valence-corrected chi connectivity index (χ1v) is 4.32. The van der Waals surface area contributed by atoms with Gasteiger partial charge in [0.05, 0.1) is 18.3 Å². The fourth-order valence-corrected chi connectivity index (χ4v) is 1.42. The molecule has 11 heavy (non-hydrogen) atoms. The molecule has 0 radical (unpaired) electrons. The van der Waals surface area contributed by atoms with Crippen molar-refractivity contribution in [2.45, 2.75) is 25.5 Å². The summed E-state index contributed by atoms with van der Waals surface area (Å²) >= 11 is 3.22. The van der Waals surface area contributed by atoms with Crippen LogP contribution in [0.5, 0.6) is 0 Å². The summed E-state index contributed by atoms with van der Waals surface area (Å²) in [5.41, 5.74) is 0.785. The molecule has 0 amide bonds. The number of rotatable bonds is 2. The summed E-state index contributed by atoms with van der Waals surface area (Å²) < 4.78 is 2.45. The molecule has 1 saturated carbocycles. The van der Waals surface area contributed by atoms with Crippen LogP contribution in [-0.2, 0) is 6.61 Å². The summed E-state index contributed by atoms with van der Waals surface area (Å²) in [6, 6.07) is 0.482. The van der Waals surface area contributed by atoms with Crippen LogP contribution in [0.4, 0.5) is 0 Å². The Labute approximate surface area is 72.3 Å². The van der Waals surface area contributed by atoms with Gasteiger partial charge in [-0.05, 0) is 28.8 Å². The average Bonchev–Trinajstić information content (AvgIpc) is 2.76. The molecule has 1 aliphatic carbocycles. The van der Waals surface area contributed by atoms with E-state index in [1.807, 2.05) is 0 Å². The van der Waals surface area contributed by atoms with Gasteiger partial charge in [0.25, 0.3) is 0 Å². The van der Waals surface area contributed by atoms with E-state index < -0.39 is 0 Å². The maximum Gasteiger partial charge on any atom is 0.153 e. The largest absolute Gasteiger partial charge is 0.390 e. The second kappa shape index (κ2) is 2.57. The number of hydrogen-bond acceptors (Lipinski definition) is 3. The third-order valence-corrected chi connectivity index (χ3v) is 2.40. The number of hydrogen-bond donors (Lipinski definition) is 1. The number of halogens is 1. The van der Waals surface area contributed by atoms with Crippen LogP contribution in [0, 0.1) is 0 Å². The molecule has 2 rings (SSSR count). The van der Waals surface area contributed by atoms with Crippen molar-refractivity contribution in [1.29, 1.82) is 0 Å². The summed E-state index contributed by atoms with van der Waals surface area (Å²) in [5, 5.41) is 16.7. The quantitative estimate of drug-likeness (QED) is 0.801. The van der Waals surface area contributed by atoms with Crippen LogP contribution in [0.25, 0.3) is 0 Å². The highest BCUT2D eigenvalue weighted by Gasteiger charge is 2.27. The van der Waals surface area contributed by atoms with Gasteiger partial charge in [-0.25, -0.2) is 4.68 Å². The van der Waals surface area contributed by atoms with Crippen molar-refractivity contribution in [3.8, 4) is 0 Å². The van der Waals surface area contributed by atoms with Crippen molar-refractivity contribution < 1.29 is 5.11 Å². The second-order valence-electron chi connectivity index (χ2n) is 2.66. The maximum absolute atomic E-state index is 8.93. The second-order valence-corrected chi connectivity index (χ2v) is 3.41. The van der Waals surface area contributed by atoms with Gasteiger partial charge in [-0.15, -0.1) is 5.10 Å². The van der Waals surface area contributed by atoms with Crippen molar-refractivity contribution >= 4 is 15.9 Å². The minimum Gasteiger partial charge on any atom is -0.390 e. The van der Waals surface area contributed by atoms with Crippen LogP contribution >= 0.6 is 15.9 Å². The van der Waals surface area contributed by atoms with Crippen molar-refractivity contribution in [3.05, 3.63) is 10.3 Å². The van der Waals surface area contributed by atoms with Crippen LogP contribution in [0.3, 0.4) is 0 Å². The van der Waals surface area contributed by atoms with Crippen molar-refractivity contribution in [1.82, 2.24) is 15.0 Å². The predicted octanol–water partition coefficient (Wildman–Crippen LogP) is 0.868. The average molecular weight is 218 g/mol. The molecule has 0 bridgehead atoms. The standard InChI is InChI=1S/C6H8BrN3O/c7-6-5(3-11)10(9-8-6)4-1-2-4/h4,11H,1-3H2. The summed E-state index contributed by atoms with van der Waals surface area (Å²) in [5.74, 6) is 0. The molecule has 4 nitrogen and oxygen atoms in total. The van der Waals surface area contributed by atoms with Crippen LogP contribution < -0.4 is 0 Å². The van der Waals surface area contributed by atoms with E-state index in [1.165, 1.54) is 0 Å². The molecule has 1 heterocycles. The molecule has 0 aliphatic heterocycles. The molecule has 0 atom stereocenters. The molecule has 0 aromatic carbocycles. The molecule has 1 aromatic rings. The lowest BCUT2D eigenvalue weighted by Crippen LogP contribution is -2.02.